The first kappa shape index (κ1) is 19.5. The minimum atomic E-state index is -1.18. The molecule has 0 unspecified atom stereocenters. The van der Waals surface area contributed by atoms with Crippen molar-refractivity contribution in [3.05, 3.63) is 0 Å². The molecule has 18 heavy (non-hydrogen) atoms. The third-order valence-electron chi connectivity index (χ3n) is 1.97. The van der Waals surface area contributed by atoms with Crippen molar-refractivity contribution in [1.82, 2.24) is 5.32 Å². The van der Waals surface area contributed by atoms with Crippen LogP contribution >= 0.6 is 12.4 Å². The fraction of sp³-hybridized carbons (Fsp3) is 0.667. The molecular weight excluding hydrogens is 331 g/mol. The minimum Gasteiger partial charge on any atom is -0.147 e. The van der Waals surface area contributed by atoms with Gasteiger partial charge in [-0.1, -0.05) is 0 Å². The topological polar surface area (TPSA) is 130 Å². The average Bonchev–Trinajstić information content (AvgIpc) is 2.24. The second kappa shape index (κ2) is 10.1. The molecule has 0 heterocycles. The smallest absolute Gasteiger partial charge is 0.147 e. The van der Waals surface area contributed by atoms with E-state index >= 15 is 0 Å². The molecular formula is C9H17ClN2O5Se. The molecule has 0 radical (unpaired) electrons. The van der Waals surface area contributed by atoms with Gasteiger partial charge < -0.3 is 0 Å². The summed E-state index contributed by atoms with van der Waals surface area (Å²) in [4.78, 5) is 32.5. The number of carboxylic acids is 2. The molecule has 5 N–H and O–H groups in total. The molecule has 0 bridgehead atoms. The Morgan fingerprint density at radius 3 is 2.22 bits per heavy atom. The van der Waals surface area contributed by atoms with E-state index in [9.17, 15) is 14.4 Å². The van der Waals surface area contributed by atoms with Crippen molar-refractivity contribution in [3.8, 4) is 0 Å². The van der Waals surface area contributed by atoms with E-state index in [0.29, 0.717) is 5.32 Å². The minimum absolute atomic E-state index is 0. The number of halogens is 1. The first-order chi connectivity index (χ1) is 7.88. The summed E-state index contributed by atoms with van der Waals surface area (Å²) in [6.07, 6.45) is -0.0985. The predicted molar refractivity (Wildman–Crippen MR) is 68.1 cm³/mol. The molecule has 0 aliphatic carbocycles. The number of rotatable bonds is 8. The quantitative estimate of drug-likeness (QED) is 0.431. The van der Waals surface area contributed by atoms with Crippen LogP contribution in [0.5, 0.6) is 0 Å². The molecule has 0 aliphatic rings. The Labute approximate surface area is 117 Å². The van der Waals surface area contributed by atoms with Gasteiger partial charge in [0.05, 0.1) is 0 Å². The van der Waals surface area contributed by atoms with Crippen LogP contribution in [0.2, 0.25) is 11.1 Å². The van der Waals surface area contributed by atoms with Crippen molar-refractivity contribution >= 4 is 45.2 Å². The second-order valence-electron chi connectivity index (χ2n) is 3.40. The third-order valence-corrected chi connectivity index (χ3v) is 3.36. The molecule has 0 aliphatic heterocycles. The number of carbonyl (C=O) groups excluding carboxylic acids is 1. The van der Waals surface area contributed by atoms with Crippen LogP contribution in [0, 0.1) is 0 Å². The van der Waals surface area contributed by atoms with E-state index in [-0.39, 0.29) is 40.2 Å². The van der Waals surface area contributed by atoms with Crippen molar-refractivity contribution in [2.24, 2.45) is 5.73 Å². The first-order valence-electron chi connectivity index (χ1n) is 4.88. The summed E-state index contributed by atoms with van der Waals surface area (Å²) in [5.74, 6) is -0.873. The van der Waals surface area contributed by atoms with Gasteiger partial charge in [-0.2, -0.15) is 0 Å². The van der Waals surface area contributed by atoms with Gasteiger partial charge in [0.25, 0.3) is 0 Å². The Kier molecular flexibility index (Phi) is 11.0. The SMILES string of the molecule is C[Se]C[C@H](NC(=O)CC[C@H](N)C(=O)O)C(=O)O.Cl. The van der Waals surface area contributed by atoms with E-state index in [0.717, 1.165) is 0 Å². The van der Waals surface area contributed by atoms with Crippen LogP contribution in [-0.2, 0) is 14.4 Å². The average molecular weight is 348 g/mol. The van der Waals surface area contributed by atoms with Crippen LogP contribution < -0.4 is 11.1 Å². The van der Waals surface area contributed by atoms with Crippen LogP contribution in [0.3, 0.4) is 0 Å². The van der Waals surface area contributed by atoms with Crippen LogP contribution in [0.25, 0.3) is 0 Å². The summed E-state index contributed by atoms with van der Waals surface area (Å²) in [6, 6.07) is -1.99. The van der Waals surface area contributed by atoms with Crippen molar-refractivity contribution in [1.29, 1.82) is 0 Å². The van der Waals surface area contributed by atoms with Crippen LogP contribution in [0.4, 0.5) is 0 Å². The summed E-state index contributed by atoms with van der Waals surface area (Å²) in [6.45, 7) is 0. The molecule has 106 valence electrons. The largest absolute Gasteiger partial charge is 0.147 e. The zero-order valence-corrected chi connectivity index (χ0v) is 12.3. The maximum Gasteiger partial charge on any atom is -0.147 e. The van der Waals surface area contributed by atoms with E-state index in [2.05, 4.69) is 5.32 Å². The zero-order chi connectivity index (χ0) is 13.4. The molecule has 0 aromatic rings. The number of nitrogens with two attached hydrogens (primary N) is 1. The van der Waals surface area contributed by atoms with Gasteiger partial charge in [0.15, 0.2) is 0 Å². The number of carboxylic acid groups (broad SMARTS) is 2. The Balaban J connectivity index is 0. The van der Waals surface area contributed by atoms with E-state index in [1.165, 1.54) is 0 Å². The standard InChI is InChI=1S/C9H16N2O5Se.ClH/c1-17-4-6(9(15)16)11-7(12)3-2-5(10)8(13)14;/h5-6H,2-4,10H2,1H3,(H,11,12)(H,13,14)(H,15,16);1H/t5-,6-;/m0./s1. The molecule has 0 aromatic carbocycles. The molecule has 0 saturated heterocycles. The van der Waals surface area contributed by atoms with Gasteiger partial charge in [-0.3, -0.25) is 0 Å². The number of hydrogen-bond acceptors (Lipinski definition) is 4. The maximum atomic E-state index is 11.3. The van der Waals surface area contributed by atoms with Gasteiger partial charge >= 0.3 is 105 Å². The molecule has 0 saturated carbocycles. The van der Waals surface area contributed by atoms with Gasteiger partial charge in [0.2, 0.25) is 0 Å². The molecule has 9 heteroatoms. The van der Waals surface area contributed by atoms with Gasteiger partial charge in [-0.15, -0.1) is 12.4 Å². The Bertz CT molecular complexity index is 303. The van der Waals surface area contributed by atoms with Crippen molar-refractivity contribution < 1.29 is 24.6 Å². The molecule has 7 nitrogen and oxygen atoms in total. The Hall–Kier alpha value is -0.821. The Morgan fingerprint density at radius 1 is 1.28 bits per heavy atom. The number of aliphatic carboxylic acids is 2. The number of carbonyl (C=O) groups is 3. The van der Waals surface area contributed by atoms with Gasteiger partial charge in [0.1, 0.15) is 0 Å². The van der Waals surface area contributed by atoms with E-state index in [1.807, 2.05) is 5.82 Å². The first-order valence-corrected chi connectivity index (χ1v) is 7.80. The monoisotopic (exact) mass is 348 g/mol. The Morgan fingerprint density at radius 2 is 1.83 bits per heavy atom. The van der Waals surface area contributed by atoms with E-state index in [1.54, 1.807) is 0 Å². The van der Waals surface area contributed by atoms with Gasteiger partial charge in [-0.05, 0) is 0 Å². The number of amides is 1. The van der Waals surface area contributed by atoms with Gasteiger partial charge in [0, 0.05) is 0 Å². The van der Waals surface area contributed by atoms with E-state index < -0.39 is 29.9 Å². The fourth-order valence-corrected chi connectivity index (χ4v) is 2.19. The second-order valence-corrected chi connectivity index (χ2v) is 5.31. The molecule has 0 spiro atoms. The molecule has 0 rings (SSSR count). The summed E-state index contributed by atoms with van der Waals surface area (Å²) in [7, 11) is 0. The van der Waals surface area contributed by atoms with Crippen molar-refractivity contribution in [2.75, 3.05) is 0 Å². The fourth-order valence-electron chi connectivity index (χ4n) is 1.02. The van der Waals surface area contributed by atoms with Crippen molar-refractivity contribution in [2.45, 2.75) is 36.1 Å². The van der Waals surface area contributed by atoms with Crippen LogP contribution in [0.15, 0.2) is 0 Å². The predicted octanol–water partition coefficient (Wildman–Crippen LogP) is -0.660. The maximum absolute atomic E-state index is 11.3. The molecule has 1 amide bonds. The summed E-state index contributed by atoms with van der Waals surface area (Å²) >= 11 is 0.133. The molecule has 0 fully saturated rings. The third kappa shape index (κ3) is 8.30. The molecule has 0 aromatic heterocycles. The van der Waals surface area contributed by atoms with Crippen LogP contribution in [-0.4, -0.2) is 55.1 Å². The van der Waals surface area contributed by atoms with Gasteiger partial charge in [-0.25, -0.2) is 0 Å². The summed E-state index contributed by atoms with van der Waals surface area (Å²) in [5, 5.41) is 20.0. The zero-order valence-electron chi connectivity index (χ0n) is 9.79. The number of nitrogens with one attached hydrogen (secondary N) is 1. The van der Waals surface area contributed by atoms with Crippen molar-refractivity contribution in [3.63, 3.8) is 0 Å². The summed E-state index contributed by atoms with van der Waals surface area (Å²) < 4.78 is 0. The number of hydrogen-bond donors (Lipinski definition) is 4. The van der Waals surface area contributed by atoms with E-state index in [4.69, 9.17) is 15.9 Å². The normalized spacial score (nSPS) is 13.0. The van der Waals surface area contributed by atoms with Crippen LogP contribution in [0.1, 0.15) is 12.8 Å². The summed E-state index contributed by atoms with van der Waals surface area (Å²) in [5.41, 5.74) is 5.22. The molecule has 2 atom stereocenters.